The fourth-order valence-corrected chi connectivity index (χ4v) is 1.79. The highest BCUT2D eigenvalue weighted by Crippen LogP contribution is 2.02. The molecule has 2 nitrogen and oxygen atoms in total. The molecule has 0 aromatic heterocycles. The number of ether oxygens (including phenoxy) is 1. The van der Waals surface area contributed by atoms with E-state index in [1.807, 2.05) is 18.2 Å². The van der Waals surface area contributed by atoms with Crippen molar-refractivity contribution < 1.29 is 4.74 Å². The van der Waals surface area contributed by atoms with Crippen molar-refractivity contribution in [3.63, 3.8) is 0 Å². The van der Waals surface area contributed by atoms with Crippen LogP contribution in [0.25, 0.3) is 6.08 Å². The molecule has 1 aromatic rings. The quantitative estimate of drug-likeness (QED) is 0.731. The van der Waals surface area contributed by atoms with Gasteiger partial charge >= 0.3 is 0 Å². The van der Waals surface area contributed by atoms with Crippen molar-refractivity contribution in [2.24, 2.45) is 5.92 Å². The Hall–Kier alpha value is -1.12. The first kappa shape index (κ1) is 15.9. The summed E-state index contributed by atoms with van der Waals surface area (Å²) in [6.07, 6.45) is 5.54. The largest absolute Gasteiger partial charge is 0.373 e. The minimum absolute atomic E-state index is 0.305. The van der Waals surface area contributed by atoms with Gasteiger partial charge in [0.25, 0.3) is 0 Å². The smallest absolute Gasteiger partial charge is 0.0701 e. The van der Waals surface area contributed by atoms with Crippen LogP contribution in [-0.2, 0) is 4.74 Å². The molecule has 1 unspecified atom stereocenters. The molecule has 0 radical (unpaired) electrons. The topological polar surface area (TPSA) is 21.3 Å². The fourth-order valence-electron chi connectivity index (χ4n) is 1.79. The lowest BCUT2D eigenvalue weighted by Crippen LogP contribution is -2.31. The van der Waals surface area contributed by atoms with E-state index in [4.69, 9.17) is 4.74 Å². The second kappa shape index (κ2) is 9.76. The Morgan fingerprint density at radius 3 is 2.53 bits per heavy atom. The van der Waals surface area contributed by atoms with Gasteiger partial charge < -0.3 is 10.1 Å². The lowest BCUT2D eigenvalue weighted by atomic mass is 10.2. The number of nitrogens with one attached hydrogen (secondary N) is 1. The number of rotatable bonds is 9. The summed E-state index contributed by atoms with van der Waals surface area (Å²) in [5.41, 5.74) is 1.22. The van der Waals surface area contributed by atoms with Crippen molar-refractivity contribution >= 4 is 6.08 Å². The molecule has 0 heterocycles. The van der Waals surface area contributed by atoms with Gasteiger partial charge in [0.2, 0.25) is 0 Å². The molecular weight excluding hydrogens is 234 g/mol. The third-order valence-electron chi connectivity index (χ3n) is 2.92. The van der Waals surface area contributed by atoms with Crippen molar-refractivity contribution in [1.82, 2.24) is 5.32 Å². The summed E-state index contributed by atoms with van der Waals surface area (Å²) in [6.45, 7) is 9.28. The Labute approximate surface area is 117 Å². The Bertz CT molecular complexity index is 346. The maximum absolute atomic E-state index is 5.85. The van der Waals surface area contributed by atoms with Crippen LogP contribution in [0.3, 0.4) is 0 Å². The molecule has 0 aliphatic carbocycles. The van der Waals surface area contributed by atoms with Crippen LogP contribution in [0.1, 0.15) is 32.8 Å². The van der Waals surface area contributed by atoms with E-state index in [9.17, 15) is 0 Å². The Balaban J connectivity index is 2.20. The van der Waals surface area contributed by atoms with Gasteiger partial charge in [-0.25, -0.2) is 0 Å². The Morgan fingerprint density at radius 1 is 1.16 bits per heavy atom. The molecule has 0 saturated heterocycles. The van der Waals surface area contributed by atoms with Gasteiger partial charge in [0.15, 0.2) is 0 Å². The van der Waals surface area contributed by atoms with Gasteiger partial charge in [-0.1, -0.05) is 63.3 Å². The number of hydrogen-bond acceptors (Lipinski definition) is 2. The maximum atomic E-state index is 5.85. The highest BCUT2D eigenvalue weighted by atomic mass is 16.5. The van der Waals surface area contributed by atoms with Crippen LogP contribution < -0.4 is 5.32 Å². The van der Waals surface area contributed by atoms with Crippen LogP contribution in [0.15, 0.2) is 36.4 Å². The predicted molar refractivity (Wildman–Crippen MR) is 83.2 cm³/mol. The van der Waals surface area contributed by atoms with Gasteiger partial charge in [-0.05, 0) is 24.4 Å². The normalized spacial score (nSPS) is 13.3. The minimum atomic E-state index is 0.305. The molecule has 1 rings (SSSR count). The number of hydrogen-bond donors (Lipinski definition) is 1. The van der Waals surface area contributed by atoms with E-state index < -0.39 is 0 Å². The van der Waals surface area contributed by atoms with Crippen LogP contribution in [0.2, 0.25) is 0 Å². The zero-order valence-corrected chi connectivity index (χ0v) is 12.4. The van der Waals surface area contributed by atoms with Gasteiger partial charge in [0, 0.05) is 6.54 Å². The van der Waals surface area contributed by atoms with E-state index in [0.717, 1.165) is 19.5 Å². The van der Waals surface area contributed by atoms with Gasteiger partial charge in [-0.3, -0.25) is 0 Å². The van der Waals surface area contributed by atoms with Crippen molar-refractivity contribution in [2.45, 2.75) is 33.3 Å². The van der Waals surface area contributed by atoms with Crippen molar-refractivity contribution in [3.8, 4) is 0 Å². The first-order chi connectivity index (χ1) is 9.22. The van der Waals surface area contributed by atoms with Crippen molar-refractivity contribution in [3.05, 3.63) is 42.0 Å². The van der Waals surface area contributed by atoms with E-state index in [0.29, 0.717) is 18.6 Å². The Morgan fingerprint density at radius 2 is 1.89 bits per heavy atom. The molecular formula is C17H27NO. The summed E-state index contributed by atoms with van der Waals surface area (Å²) in [5, 5.41) is 3.45. The third-order valence-corrected chi connectivity index (χ3v) is 2.92. The average Bonchev–Trinajstić information content (AvgIpc) is 2.42. The molecule has 19 heavy (non-hydrogen) atoms. The van der Waals surface area contributed by atoms with Crippen LogP contribution in [0.4, 0.5) is 0 Å². The van der Waals surface area contributed by atoms with E-state index in [-0.39, 0.29) is 0 Å². The lowest BCUT2D eigenvalue weighted by Gasteiger charge is -2.16. The molecule has 0 aliphatic rings. The molecule has 1 N–H and O–H groups in total. The summed E-state index contributed by atoms with van der Waals surface area (Å²) in [6, 6.07) is 10.3. The standard InChI is InChI=1S/C17H27NO/c1-4-17(14-18-13-15(2)3)19-12-8-11-16-9-6-5-7-10-16/h5-11,15,17-18H,4,12-14H2,1-3H3. The molecule has 0 spiro atoms. The third kappa shape index (κ3) is 7.81. The summed E-state index contributed by atoms with van der Waals surface area (Å²) >= 11 is 0. The first-order valence-electron chi connectivity index (χ1n) is 7.26. The minimum Gasteiger partial charge on any atom is -0.373 e. The van der Waals surface area contributed by atoms with E-state index in [2.05, 4.69) is 50.4 Å². The molecule has 1 atom stereocenters. The predicted octanol–water partition coefficient (Wildman–Crippen LogP) is 3.74. The van der Waals surface area contributed by atoms with Crippen LogP contribution in [0, 0.1) is 5.92 Å². The maximum Gasteiger partial charge on any atom is 0.0701 e. The van der Waals surface area contributed by atoms with Gasteiger partial charge in [-0.15, -0.1) is 0 Å². The lowest BCUT2D eigenvalue weighted by molar-refractivity contribution is 0.0711. The van der Waals surface area contributed by atoms with Gasteiger partial charge in [-0.2, -0.15) is 0 Å². The van der Waals surface area contributed by atoms with Crippen molar-refractivity contribution in [2.75, 3.05) is 19.7 Å². The Kier molecular flexibility index (Phi) is 8.19. The molecule has 0 fully saturated rings. The monoisotopic (exact) mass is 261 g/mol. The molecule has 0 aliphatic heterocycles. The average molecular weight is 261 g/mol. The zero-order chi connectivity index (χ0) is 13.9. The second-order valence-corrected chi connectivity index (χ2v) is 5.23. The highest BCUT2D eigenvalue weighted by Gasteiger charge is 2.05. The zero-order valence-electron chi connectivity index (χ0n) is 12.4. The van der Waals surface area contributed by atoms with E-state index in [1.165, 1.54) is 5.56 Å². The van der Waals surface area contributed by atoms with Gasteiger partial charge in [0.1, 0.15) is 0 Å². The van der Waals surface area contributed by atoms with Crippen LogP contribution in [0.5, 0.6) is 0 Å². The second-order valence-electron chi connectivity index (χ2n) is 5.23. The van der Waals surface area contributed by atoms with Crippen molar-refractivity contribution in [1.29, 1.82) is 0 Å². The molecule has 0 amide bonds. The molecule has 0 saturated carbocycles. The number of benzene rings is 1. The van der Waals surface area contributed by atoms with Crippen LogP contribution >= 0.6 is 0 Å². The summed E-state index contributed by atoms with van der Waals surface area (Å²) in [5.74, 6) is 0.690. The molecule has 106 valence electrons. The fraction of sp³-hybridized carbons (Fsp3) is 0.529. The molecule has 0 bridgehead atoms. The van der Waals surface area contributed by atoms with Gasteiger partial charge in [0.05, 0.1) is 12.7 Å². The van der Waals surface area contributed by atoms with Crippen LogP contribution in [-0.4, -0.2) is 25.8 Å². The summed E-state index contributed by atoms with van der Waals surface area (Å²) in [4.78, 5) is 0. The van der Waals surface area contributed by atoms with E-state index >= 15 is 0 Å². The first-order valence-corrected chi connectivity index (χ1v) is 7.26. The SMILES string of the molecule is CCC(CNCC(C)C)OCC=Cc1ccccc1. The van der Waals surface area contributed by atoms with E-state index in [1.54, 1.807) is 0 Å². The molecule has 1 aromatic carbocycles. The summed E-state index contributed by atoms with van der Waals surface area (Å²) in [7, 11) is 0. The summed E-state index contributed by atoms with van der Waals surface area (Å²) < 4.78 is 5.85. The molecule has 2 heteroatoms. The highest BCUT2D eigenvalue weighted by molar-refractivity contribution is 5.48.